The zero-order chi connectivity index (χ0) is 17.2. The standard InChI is InChI=1S/C16H18N2O3.C2H6/c1-12-9-14(11-16(10-12)21-8-2-7-17)13-3-5-15(6-4-13)18(19)20;1-2/h3-6,9-11H,2,7-8,17H2,1H3;1-2H3. The van der Waals surface area contributed by atoms with Crippen molar-refractivity contribution in [1.29, 1.82) is 0 Å². The number of nitrogens with zero attached hydrogens (tertiary/aromatic N) is 1. The largest absolute Gasteiger partial charge is 0.494 e. The molecule has 2 aromatic rings. The quantitative estimate of drug-likeness (QED) is 0.489. The molecule has 2 N–H and O–H groups in total. The Labute approximate surface area is 137 Å². The van der Waals surface area contributed by atoms with E-state index >= 15 is 0 Å². The first-order chi connectivity index (χ1) is 11.1. The van der Waals surface area contributed by atoms with Crippen LogP contribution in [0.4, 0.5) is 5.69 Å². The number of nitro groups is 1. The Morgan fingerprint density at radius 1 is 1.09 bits per heavy atom. The van der Waals surface area contributed by atoms with Crippen molar-refractivity contribution in [2.75, 3.05) is 13.2 Å². The number of hydrogen-bond donors (Lipinski definition) is 1. The van der Waals surface area contributed by atoms with Crippen molar-refractivity contribution in [2.24, 2.45) is 5.73 Å². The third-order valence-electron chi connectivity index (χ3n) is 3.08. The van der Waals surface area contributed by atoms with Gasteiger partial charge in [-0.15, -0.1) is 0 Å². The molecule has 2 aromatic carbocycles. The van der Waals surface area contributed by atoms with Gasteiger partial charge in [0.05, 0.1) is 11.5 Å². The van der Waals surface area contributed by atoms with Crippen LogP contribution in [-0.2, 0) is 0 Å². The highest BCUT2D eigenvalue weighted by molar-refractivity contribution is 5.67. The maximum atomic E-state index is 10.7. The number of rotatable bonds is 6. The minimum atomic E-state index is -0.401. The van der Waals surface area contributed by atoms with Gasteiger partial charge in [-0.05, 0) is 60.8 Å². The Kier molecular flexibility index (Phi) is 7.77. The zero-order valence-electron chi connectivity index (χ0n) is 13.9. The summed E-state index contributed by atoms with van der Waals surface area (Å²) in [4.78, 5) is 10.3. The molecular weight excluding hydrogens is 292 g/mol. The first-order valence-electron chi connectivity index (χ1n) is 7.79. The topological polar surface area (TPSA) is 78.4 Å². The number of benzene rings is 2. The van der Waals surface area contributed by atoms with E-state index in [-0.39, 0.29) is 5.69 Å². The first kappa shape index (κ1) is 18.6. The Morgan fingerprint density at radius 2 is 1.74 bits per heavy atom. The second kappa shape index (κ2) is 9.58. The molecule has 0 heterocycles. The average Bonchev–Trinajstić information content (AvgIpc) is 2.56. The summed E-state index contributed by atoms with van der Waals surface area (Å²) in [5.74, 6) is 0.789. The van der Waals surface area contributed by atoms with Crippen LogP contribution >= 0.6 is 0 Å². The van der Waals surface area contributed by atoms with E-state index in [2.05, 4.69) is 0 Å². The third kappa shape index (κ3) is 5.71. The molecule has 5 nitrogen and oxygen atoms in total. The summed E-state index contributed by atoms with van der Waals surface area (Å²) in [6, 6.07) is 12.4. The molecule has 0 saturated heterocycles. The molecule has 0 atom stereocenters. The Balaban J connectivity index is 0.00000127. The van der Waals surface area contributed by atoms with E-state index in [0.29, 0.717) is 13.2 Å². The van der Waals surface area contributed by atoms with Crippen LogP contribution in [0.5, 0.6) is 5.75 Å². The van der Waals surface area contributed by atoms with Gasteiger partial charge >= 0.3 is 0 Å². The summed E-state index contributed by atoms with van der Waals surface area (Å²) < 4.78 is 5.66. The zero-order valence-corrected chi connectivity index (χ0v) is 13.9. The summed E-state index contributed by atoms with van der Waals surface area (Å²) in [6.45, 7) is 7.17. The SMILES string of the molecule is CC.Cc1cc(OCCCN)cc(-c2ccc([N+](=O)[O-])cc2)c1. The molecule has 0 amide bonds. The van der Waals surface area contributed by atoms with E-state index in [1.54, 1.807) is 12.1 Å². The van der Waals surface area contributed by atoms with Crippen LogP contribution in [0.15, 0.2) is 42.5 Å². The molecule has 0 aromatic heterocycles. The molecular formula is C18H24N2O3. The fourth-order valence-electron chi connectivity index (χ4n) is 2.05. The maximum Gasteiger partial charge on any atom is 0.269 e. The molecule has 0 radical (unpaired) electrons. The predicted octanol–water partition coefficient (Wildman–Crippen LogP) is 4.32. The fourth-order valence-corrected chi connectivity index (χ4v) is 2.05. The van der Waals surface area contributed by atoms with Crippen molar-refractivity contribution in [2.45, 2.75) is 27.2 Å². The van der Waals surface area contributed by atoms with E-state index in [9.17, 15) is 10.1 Å². The van der Waals surface area contributed by atoms with Crippen molar-refractivity contribution in [1.82, 2.24) is 0 Å². The summed E-state index contributed by atoms with van der Waals surface area (Å²) >= 11 is 0. The van der Waals surface area contributed by atoms with Gasteiger partial charge in [0.1, 0.15) is 5.75 Å². The van der Waals surface area contributed by atoms with Gasteiger partial charge in [-0.1, -0.05) is 19.9 Å². The van der Waals surface area contributed by atoms with Gasteiger partial charge in [0.2, 0.25) is 0 Å². The maximum absolute atomic E-state index is 10.7. The van der Waals surface area contributed by atoms with E-state index in [4.69, 9.17) is 10.5 Å². The first-order valence-corrected chi connectivity index (χ1v) is 7.79. The minimum absolute atomic E-state index is 0.0887. The van der Waals surface area contributed by atoms with Gasteiger partial charge in [0, 0.05) is 12.1 Å². The summed E-state index contributed by atoms with van der Waals surface area (Å²) in [5.41, 5.74) is 8.52. The Hall–Kier alpha value is -2.40. The highest BCUT2D eigenvalue weighted by atomic mass is 16.6. The van der Waals surface area contributed by atoms with Crippen molar-refractivity contribution in [3.05, 3.63) is 58.1 Å². The summed E-state index contributed by atoms with van der Waals surface area (Å²) in [5, 5.41) is 10.7. The Bertz CT molecular complexity index is 625. The molecule has 0 spiro atoms. The van der Waals surface area contributed by atoms with Crippen molar-refractivity contribution in [3.8, 4) is 16.9 Å². The van der Waals surface area contributed by atoms with Gasteiger partial charge in [0.25, 0.3) is 5.69 Å². The molecule has 124 valence electrons. The van der Waals surface area contributed by atoms with Crippen molar-refractivity contribution in [3.63, 3.8) is 0 Å². The van der Waals surface area contributed by atoms with Gasteiger partial charge in [-0.25, -0.2) is 0 Å². The molecule has 0 aliphatic heterocycles. The molecule has 0 saturated carbocycles. The smallest absolute Gasteiger partial charge is 0.269 e. The van der Waals surface area contributed by atoms with Crippen LogP contribution in [0.1, 0.15) is 25.8 Å². The Morgan fingerprint density at radius 3 is 2.30 bits per heavy atom. The van der Waals surface area contributed by atoms with E-state index in [1.807, 2.05) is 39.0 Å². The van der Waals surface area contributed by atoms with Gasteiger partial charge < -0.3 is 10.5 Å². The second-order valence-corrected chi connectivity index (χ2v) is 4.83. The summed E-state index contributed by atoms with van der Waals surface area (Å²) in [7, 11) is 0. The monoisotopic (exact) mass is 316 g/mol. The van der Waals surface area contributed by atoms with E-state index in [0.717, 1.165) is 28.9 Å². The lowest BCUT2D eigenvalue weighted by Crippen LogP contribution is -2.06. The van der Waals surface area contributed by atoms with E-state index < -0.39 is 4.92 Å². The molecule has 0 unspecified atom stereocenters. The lowest BCUT2D eigenvalue weighted by atomic mass is 10.0. The number of nitrogens with two attached hydrogens (primary N) is 1. The third-order valence-corrected chi connectivity index (χ3v) is 3.08. The molecule has 23 heavy (non-hydrogen) atoms. The highest BCUT2D eigenvalue weighted by Gasteiger charge is 2.07. The minimum Gasteiger partial charge on any atom is -0.494 e. The fraction of sp³-hybridized carbons (Fsp3) is 0.333. The second-order valence-electron chi connectivity index (χ2n) is 4.83. The van der Waals surface area contributed by atoms with Crippen LogP contribution in [0.2, 0.25) is 0 Å². The van der Waals surface area contributed by atoms with Crippen LogP contribution < -0.4 is 10.5 Å². The van der Waals surface area contributed by atoms with Crippen LogP contribution in [0, 0.1) is 17.0 Å². The molecule has 0 fully saturated rings. The van der Waals surface area contributed by atoms with Crippen LogP contribution in [-0.4, -0.2) is 18.1 Å². The lowest BCUT2D eigenvalue weighted by molar-refractivity contribution is -0.384. The number of ether oxygens (including phenoxy) is 1. The van der Waals surface area contributed by atoms with Gasteiger partial charge in [0.15, 0.2) is 0 Å². The predicted molar refractivity (Wildman–Crippen MR) is 93.8 cm³/mol. The van der Waals surface area contributed by atoms with Gasteiger partial charge in [-0.2, -0.15) is 0 Å². The average molecular weight is 316 g/mol. The highest BCUT2D eigenvalue weighted by Crippen LogP contribution is 2.27. The number of aryl methyl sites for hydroxylation is 1. The lowest BCUT2D eigenvalue weighted by Gasteiger charge is -2.09. The van der Waals surface area contributed by atoms with Crippen molar-refractivity contribution >= 4 is 5.69 Å². The van der Waals surface area contributed by atoms with Crippen LogP contribution in [0.25, 0.3) is 11.1 Å². The van der Waals surface area contributed by atoms with Crippen molar-refractivity contribution < 1.29 is 9.66 Å². The molecule has 5 heteroatoms. The number of hydrogen-bond acceptors (Lipinski definition) is 4. The molecule has 2 rings (SSSR count). The normalized spacial score (nSPS) is 9.74. The van der Waals surface area contributed by atoms with E-state index in [1.165, 1.54) is 12.1 Å². The molecule has 0 aliphatic rings. The molecule has 0 bridgehead atoms. The summed E-state index contributed by atoms with van der Waals surface area (Å²) in [6.07, 6.45) is 0.806. The number of nitro benzene ring substituents is 1. The molecule has 0 aliphatic carbocycles. The van der Waals surface area contributed by atoms with Crippen LogP contribution in [0.3, 0.4) is 0 Å². The van der Waals surface area contributed by atoms with Gasteiger partial charge in [-0.3, -0.25) is 10.1 Å². The number of non-ortho nitro benzene ring substituents is 1.